The van der Waals surface area contributed by atoms with Crippen LogP contribution in [0.15, 0.2) is 48.7 Å². The highest BCUT2D eigenvalue weighted by Gasteiger charge is 2.39. The number of fused-ring (bicyclic) bond motifs is 1. The Bertz CT molecular complexity index is 1180. The fourth-order valence-electron chi connectivity index (χ4n) is 4.61. The van der Waals surface area contributed by atoms with E-state index in [1.165, 1.54) is 4.90 Å². The van der Waals surface area contributed by atoms with E-state index < -0.39 is 41.0 Å². The van der Waals surface area contributed by atoms with Gasteiger partial charge in [-0.3, -0.25) is 4.79 Å². The van der Waals surface area contributed by atoms with Gasteiger partial charge < -0.3 is 14.8 Å². The van der Waals surface area contributed by atoms with Crippen LogP contribution in [0.3, 0.4) is 0 Å². The van der Waals surface area contributed by atoms with Gasteiger partial charge in [0.25, 0.3) is 5.91 Å². The number of aryl methyl sites for hydroxylation is 1. The quantitative estimate of drug-likeness (QED) is 0.505. The van der Waals surface area contributed by atoms with E-state index in [2.05, 4.69) is 5.32 Å². The highest BCUT2D eigenvalue weighted by atomic mass is 19.4. The zero-order valence-corrected chi connectivity index (χ0v) is 18.5. The lowest BCUT2D eigenvalue weighted by molar-refractivity contribution is -0.143. The third-order valence-corrected chi connectivity index (χ3v) is 6.37. The number of hydrogen-bond acceptors (Lipinski definition) is 2. The van der Waals surface area contributed by atoms with Gasteiger partial charge in [0.05, 0.1) is 17.2 Å². The molecule has 0 aliphatic carbocycles. The van der Waals surface area contributed by atoms with Crippen molar-refractivity contribution in [2.45, 2.75) is 31.2 Å². The summed E-state index contributed by atoms with van der Waals surface area (Å²) in [5.74, 6) is -1.08. The first-order valence-corrected chi connectivity index (χ1v) is 10.7. The third kappa shape index (κ3) is 4.51. The number of hydrogen-bond donors (Lipinski definition) is 1. The summed E-state index contributed by atoms with van der Waals surface area (Å²) in [7, 11) is 1.89. The topological polar surface area (TPSA) is 37.3 Å². The van der Waals surface area contributed by atoms with Crippen LogP contribution in [0.5, 0.6) is 0 Å². The smallest absolute Gasteiger partial charge is 0.350 e. The number of alkyl halides is 6. The molecule has 10 heteroatoms. The van der Waals surface area contributed by atoms with Crippen LogP contribution in [0.2, 0.25) is 0 Å². The summed E-state index contributed by atoms with van der Waals surface area (Å²) in [6.45, 7) is 2.82. The molecule has 3 aromatic rings. The molecule has 1 unspecified atom stereocenters. The fourth-order valence-corrected chi connectivity index (χ4v) is 4.61. The largest absolute Gasteiger partial charge is 0.416 e. The molecular formula is C24H23F6N3O. The number of carbonyl (C=O) groups excluding carboxylic acids is 1. The number of rotatable bonds is 3. The van der Waals surface area contributed by atoms with Gasteiger partial charge >= 0.3 is 12.4 Å². The number of aromatic nitrogens is 1. The monoisotopic (exact) mass is 483 g/mol. The molecule has 1 fully saturated rings. The summed E-state index contributed by atoms with van der Waals surface area (Å²) >= 11 is 0. The summed E-state index contributed by atoms with van der Waals surface area (Å²) in [4.78, 5) is 14.7. The normalized spacial score (nSPS) is 18.4. The molecule has 0 radical (unpaired) electrons. The Morgan fingerprint density at radius 3 is 2.26 bits per heavy atom. The summed E-state index contributed by atoms with van der Waals surface area (Å²) in [6, 6.07) is 8.27. The molecule has 34 heavy (non-hydrogen) atoms. The van der Waals surface area contributed by atoms with Gasteiger partial charge in [-0.25, -0.2) is 0 Å². The van der Waals surface area contributed by atoms with E-state index in [9.17, 15) is 31.1 Å². The molecule has 0 bridgehead atoms. The fraction of sp³-hybridized carbons (Fsp3) is 0.375. The number of carbonyl (C=O) groups is 1. The number of nitrogens with zero attached hydrogens (tertiary/aromatic N) is 2. The summed E-state index contributed by atoms with van der Waals surface area (Å²) in [5, 5.41) is 4.17. The van der Waals surface area contributed by atoms with Gasteiger partial charge in [-0.15, -0.1) is 0 Å². The van der Waals surface area contributed by atoms with Crippen molar-refractivity contribution in [3.63, 3.8) is 0 Å². The maximum absolute atomic E-state index is 13.3. The average Bonchev–Trinajstić information content (AvgIpc) is 3.13. The van der Waals surface area contributed by atoms with Crippen molar-refractivity contribution in [3.8, 4) is 0 Å². The zero-order chi connectivity index (χ0) is 24.8. The van der Waals surface area contributed by atoms with Crippen molar-refractivity contribution in [1.29, 1.82) is 0 Å². The van der Waals surface area contributed by atoms with Crippen LogP contribution < -0.4 is 5.32 Å². The Morgan fingerprint density at radius 2 is 1.65 bits per heavy atom. The molecule has 1 saturated heterocycles. The Morgan fingerprint density at radius 1 is 1.03 bits per heavy atom. The molecule has 4 rings (SSSR count). The molecule has 4 nitrogen and oxygen atoms in total. The van der Waals surface area contributed by atoms with Gasteiger partial charge in [0.15, 0.2) is 0 Å². The second-order valence-corrected chi connectivity index (χ2v) is 8.57. The Kier molecular flexibility index (Phi) is 6.14. The highest BCUT2D eigenvalue weighted by Crippen LogP contribution is 2.37. The van der Waals surface area contributed by atoms with Gasteiger partial charge in [-0.05, 0) is 29.8 Å². The Balaban J connectivity index is 1.73. The third-order valence-electron chi connectivity index (χ3n) is 6.37. The van der Waals surface area contributed by atoms with E-state index in [-0.39, 0.29) is 18.5 Å². The predicted molar refractivity (Wildman–Crippen MR) is 115 cm³/mol. The molecule has 1 amide bonds. The Hall–Kier alpha value is -3.01. The summed E-state index contributed by atoms with van der Waals surface area (Å²) < 4.78 is 81.8. The van der Waals surface area contributed by atoms with Gasteiger partial charge in [-0.2, -0.15) is 26.3 Å². The maximum Gasteiger partial charge on any atom is 0.416 e. The number of piperazine rings is 1. The van der Waals surface area contributed by atoms with E-state index >= 15 is 0 Å². The molecule has 1 N–H and O–H groups in total. The molecule has 2 atom stereocenters. The van der Waals surface area contributed by atoms with Crippen molar-refractivity contribution in [2.75, 3.05) is 19.6 Å². The first-order chi connectivity index (χ1) is 15.9. The van der Waals surface area contributed by atoms with Crippen LogP contribution in [0, 0.1) is 0 Å². The first-order valence-electron chi connectivity index (χ1n) is 10.7. The van der Waals surface area contributed by atoms with Crippen LogP contribution >= 0.6 is 0 Å². The van der Waals surface area contributed by atoms with Crippen LogP contribution in [0.4, 0.5) is 26.3 Å². The molecule has 2 aromatic carbocycles. The minimum Gasteiger partial charge on any atom is -0.350 e. The average molecular weight is 483 g/mol. The highest BCUT2D eigenvalue weighted by molar-refractivity contribution is 5.95. The van der Waals surface area contributed by atoms with Gasteiger partial charge in [0, 0.05) is 55.3 Å². The molecule has 1 aliphatic rings. The number of nitrogens with one attached hydrogen (secondary N) is 1. The molecule has 1 aromatic heterocycles. The molecule has 1 aliphatic heterocycles. The predicted octanol–water partition coefficient (Wildman–Crippen LogP) is 5.43. The molecule has 182 valence electrons. The second-order valence-electron chi connectivity index (χ2n) is 8.57. The van der Waals surface area contributed by atoms with Crippen molar-refractivity contribution in [1.82, 2.24) is 14.8 Å². The number of benzene rings is 2. The van der Waals surface area contributed by atoms with Gasteiger partial charge in [0.2, 0.25) is 0 Å². The second kappa shape index (κ2) is 8.65. The molecule has 2 heterocycles. The van der Waals surface area contributed by atoms with Crippen molar-refractivity contribution in [2.24, 2.45) is 7.05 Å². The molecule has 0 spiro atoms. The minimum atomic E-state index is -5.02. The number of para-hydroxylation sites is 1. The molecule has 0 saturated carbocycles. The van der Waals surface area contributed by atoms with Gasteiger partial charge in [-0.1, -0.05) is 25.1 Å². The molecular weight excluding hydrogens is 460 g/mol. The van der Waals surface area contributed by atoms with Crippen LogP contribution in [-0.4, -0.2) is 41.1 Å². The van der Waals surface area contributed by atoms with E-state index in [1.54, 1.807) is 0 Å². The van der Waals surface area contributed by atoms with Crippen molar-refractivity contribution in [3.05, 3.63) is 70.9 Å². The van der Waals surface area contributed by atoms with E-state index in [0.717, 1.165) is 16.5 Å². The lowest BCUT2D eigenvalue weighted by Crippen LogP contribution is -2.55. The standard InChI is InChI=1S/C24H23F6N3O/c1-14(19-13-32(2)20-6-4-3-5-18(19)20)21-12-31-7-8-33(21)22(34)15-9-16(23(25,26)27)11-17(10-15)24(28,29)30/h3-6,9-11,13-14,21,31H,7-8,12H2,1-2H3/t14-,21?/m1/s1. The summed E-state index contributed by atoms with van der Waals surface area (Å²) in [6.07, 6.45) is -8.09. The van der Waals surface area contributed by atoms with Crippen molar-refractivity contribution < 1.29 is 31.1 Å². The van der Waals surface area contributed by atoms with Crippen LogP contribution in [0.1, 0.15) is 39.9 Å². The van der Waals surface area contributed by atoms with Crippen LogP contribution in [0.25, 0.3) is 10.9 Å². The minimum absolute atomic E-state index is 0.0325. The van der Waals surface area contributed by atoms with Gasteiger partial charge in [0.1, 0.15) is 0 Å². The first kappa shape index (κ1) is 24.1. The number of amides is 1. The van der Waals surface area contributed by atoms with E-state index in [0.29, 0.717) is 25.2 Å². The van der Waals surface area contributed by atoms with E-state index in [1.807, 2.05) is 49.0 Å². The summed E-state index contributed by atoms with van der Waals surface area (Å²) in [5.41, 5.74) is -1.69. The SMILES string of the molecule is C[C@H](c1cn(C)c2ccccc12)C1CNCCN1C(=O)c1cc(C(F)(F)F)cc(C(F)(F)F)c1. The zero-order valence-electron chi connectivity index (χ0n) is 18.5. The van der Waals surface area contributed by atoms with Crippen molar-refractivity contribution >= 4 is 16.8 Å². The number of halogens is 6. The lowest BCUT2D eigenvalue weighted by Gasteiger charge is -2.40. The lowest BCUT2D eigenvalue weighted by atomic mass is 9.90. The maximum atomic E-state index is 13.3. The van der Waals surface area contributed by atoms with Crippen LogP contribution in [-0.2, 0) is 19.4 Å². The van der Waals surface area contributed by atoms with E-state index in [4.69, 9.17) is 0 Å². The Labute approximate surface area is 192 Å².